The van der Waals surface area contributed by atoms with Gasteiger partial charge in [-0.1, -0.05) is 30.3 Å². The fourth-order valence-electron chi connectivity index (χ4n) is 3.77. The highest BCUT2D eigenvalue weighted by Gasteiger charge is 2.42. The van der Waals surface area contributed by atoms with Gasteiger partial charge in [0.25, 0.3) is 0 Å². The smallest absolute Gasteiger partial charge is 0.243 e. The number of benzene rings is 2. The second-order valence-corrected chi connectivity index (χ2v) is 9.93. The van der Waals surface area contributed by atoms with Crippen molar-refractivity contribution in [3.8, 4) is 0 Å². The van der Waals surface area contributed by atoms with E-state index < -0.39 is 21.3 Å². The first-order valence-electron chi connectivity index (χ1n) is 9.73. The summed E-state index contributed by atoms with van der Waals surface area (Å²) in [5.74, 6) is -0.762. The van der Waals surface area contributed by atoms with Crippen LogP contribution in [0.15, 0.2) is 47.4 Å². The van der Waals surface area contributed by atoms with Gasteiger partial charge in [-0.3, -0.25) is 4.79 Å². The van der Waals surface area contributed by atoms with Crippen molar-refractivity contribution in [2.75, 3.05) is 13.1 Å². The molecule has 3 rings (SSSR count). The second-order valence-electron chi connectivity index (χ2n) is 8.02. The number of hydrogen-bond acceptors (Lipinski definition) is 3. The van der Waals surface area contributed by atoms with Gasteiger partial charge >= 0.3 is 0 Å². The Hall–Kier alpha value is -2.25. The fourth-order valence-corrected chi connectivity index (χ4v) is 5.61. The van der Waals surface area contributed by atoms with E-state index in [1.165, 1.54) is 16.4 Å². The molecule has 7 heteroatoms. The second kappa shape index (κ2) is 8.24. The van der Waals surface area contributed by atoms with Gasteiger partial charge in [-0.15, -0.1) is 0 Å². The van der Waals surface area contributed by atoms with Crippen LogP contribution in [-0.2, 0) is 21.4 Å². The first-order chi connectivity index (χ1) is 13.6. The molecule has 1 amide bonds. The van der Waals surface area contributed by atoms with Crippen molar-refractivity contribution < 1.29 is 17.6 Å². The maximum absolute atomic E-state index is 13.7. The molecule has 1 saturated heterocycles. The Balaban J connectivity index is 1.77. The fraction of sp³-hybridized carbons (Fsp3) is 0.409. The van der Waals surface area contributed by atoms with E-state index in [0.29, 0.717) is 31.5 Å². The number of hydrogen-bond donors (Lipinski definition) is 1. The van der Waals surface area contributed by atoms with E-state index in [0.717, 1.165) is 17.2 Å². The van der Waals surface area contributed by atoms with Crippen LogP contribution in [0, 0.1) is 25.1 Å². The minimum atomic E-state index is -3.88. The highest BCUT2D eigenvalue weighted by Crippen LogP contribution is 2.33. The molecule has 1 fully saturated rings. The molecule has 1 N–H and O–H groups in total. The lowest BCUT2D eigenvalue weighted by Crippen LogP contribution is -2.51. The predicted octanol–water partition coefficient (Wildman–Crippen LogP) is 3.55. The summed E-state index contributed by atoms with van der Waals surface area (Å²) in [7, 11) is -3.88. The lowest BCUT2D eigenvalue weighted by atomic mass is 9.82. The molecule has 2 aromatic rings. The van der Waals surface area contributed by atoms with Crippen molar-refractivity contribution in [1.82, 2.24) is 9.62 Å². The van der Waals surface area contributed by atoms with Gasteiger partial charge in [0.05, 0.1) is 10.3 Å². The Morgan fingerprint density at radius 1 is 1.17 bits per heavy atom. The van der Waals surface area contributed by atoms with Crippen molar-refractivity contribution in [3.63, 3.8) is 0 Å². The van der Waals surface area contributed by atoms with Crippen molar-refractivity contribution in [1.29, 1.82) is 0 Å². The minimum Gasteiger partial charge on any atom is -0.352 e. The monoisotopic (exact) mass is 418 g/mol. The number of nitrogens with one attached hydrogen (secondary N) is 1. The number of carbonyl (C=O) groups is 1. The van der Waals surface area contributed by atoms with Crippen LogP contribution in [0.5, 0.6) is 0 Å². The third-order valence-electron chi connectivity index (χ3n) is 5.68. The number of nitrogens with zero attached hydrogens (tertiary/aromatic N) is 1. The molecular formula is C22H27FN2O3S. The van der Waals surface area contributed by atoms with Crippen LogP contribution in [0.2, 0.25) is 0 Å². The number of halogens is 1. The Bertz CT molecular complexity index is 1020. The predicted molar refractivity (Wildman–Crippen MR) is 110 cm³/mol. The molecule has 1 aliphatic rings. The summed E-state index contributed by atoms with van der Waals surface area (Å²) < 4.78 is 41.2. The van der Waals surface area contributed by atoms with Crippen molar-refractivity contribution in [2.24, 2.45) is 5.41 Å². The first kappa shape index (κ1) is 21.5. The molecule has 0 bridgehead atoms. The summed E-state index contributed by atoms with van der Waals surface area (Å²) in [6, 6.07) is 11.6. The molecule has 0 aliphatic carbocycles. The maximum atomic E-state index is 13.7. The van der Waals surface area contributed by atoms with E-state index >= 15 is 0 Å². The molecule has 1 heterocycles. The van der Waals surface area contributed by atoms with Gasteiger partial charge < -0.3 is 5.32 Å². The number of rotatable bonds is 5. The molecule has 1 atom stereocenters. The van der Waals surface area contributed by atoms with Crippen LogP contribution in [0.25, 0.3) is 0 Å². The minimum absolute atomic E-state index is 0.0398. The SMILES string of the molecule is Cc1ccccc1CNC(=O)C1(C)CCCN(S(=O)(=O)c2cc(F)ccc2C)C1. The molecule has 2 aromatic carbocycles. The average molecular weight is 419 g/mol. The van der Waals surface area contributed by atoms with Crippen LogP contribution in [0.1, 0.15) is 36.5 Å². The summed E-state index contributed by atoms with van der Waals surface area (Å²) in [4.78, 5) is 12.9. The molecule has 5 nitrogen and oxygen atoms in total. The van der Waals surface area contributed by atoms with Gasteiger partial charge in [0.2, 0.25) is 15.9 Å². The number of carbonyl (C=O) groups excluding carboxylic acids is 1. The molecule has 29 heavy (non-hydrogen) atoms. The van der Waals surface area contributed by atoms with E-state index in [1.807, 2.05) is 31.2 Å². The van der Waals surface area contributed by atoms with Crippen molar-refractivity contribution in [3.05, 3.63) is 65.0 Å². The summed E-state index contributed by atoms with van der Waals surface area (Å²) >= 11 is 0. The van der Waals surface area contributed by atoms with Crippen LogP contribution in [-0.4, -0.2) is 31.7 Å². The highest BCUT2D eigenvalue weighted by atomic mass is 32.2. The summed E-state index contributed by atoms with van der Waals surface area (Å²) in [6.45, 7) is 6.21. The Morgan fingerprint density at radius 2 is 1.90 bits per heavy atom. The Kier molecular flexibility index (Phi) is 6.10. The first-order valence-corrected chi connectivity index (χ1v) is 11.2. The molecule has 0 saturated carbocycles. The van der Waals surface area contributed by atoms with E-state index in [1.54, 1.807) is 13.8 Å². The molecular weight excluding hydrogens is 391 g/mol. The van der Waals surface area contributed by atoms with E-state index in [2.05, 4.69) is 5.32 Å². The quantitative estimate of drug-likeness (QED) is 0.808. The van der Waals surface area contributed by atoms with Gasteiger partial charge in [0.15, 0.2) is 0 Å². The zero-order valence-electron chi connectivity index (χ0n) is 17.0. The van der Waals surface area contributed by atoms with Crippen LogP contribution >= 0.6 is 0 Å². The van der Waals surface area contributed by atoms with E-state index in [-0.39, 0.29) is 17.3 Å². The Morgan fingerprint density at radius 3 is 2.62 bits per heavy atom. The average Bonchev–Trinajstić information content (AvgIpc) is 2.69. The lowest BCUT2D eigenvalue weighted by Gasteiger charge is -2.38. The third kappa shape index (κ3) is 4.51. The third-order valence-corrected chi connectivity index (χ3v) is 7.67. The van der Waals surface area contributed by atoms with Crippen LogP contribution in [0.3, 0.4) is 0 Å². The lowest BCUT2D eigenvalue weighted by molar-refractivity contribution is -0.132. The summed E-state index contributed by atoms with van der Waals surface area (Å²) in [5.41, 5.74) is 1.77. The van der Waals surface area contributed by atoms with Gasteiger partial charge in [-0.2, -0.15) is 4.31 Å². The maximum Gasteiger partial charge on any atom is 0.243 e. The zero-order valence-corrected chi connectivity index (χ0v) is 17.9. The van der Waals surface area contributed by atoms with Crippen molar-refractivity contribution >= 4 is 15.9 Å². The highest BCUT2D eigenvalue weighted by molar-refractivity contribution is 7.89. The molecule has 1 unspecified atom stereocenters. The van der Waals surface area contributed by atoms with Gasteiger partial charge in [-0.25, -0.2) is 12.8 Å². The molecule has 0 aromatic heterocycles. The number of aryl methyl sites for hydroxylation is 2. The Labute approximate surface area is 172 Å². The molecule has 1 aliphatic heterocycles. The number of piperidine rings is 1. The molecule has 0 radical (unpaired) electrons. The van der Waals surface area contributed by atoms with Gasteiger partial charge in [0, 0.05) is 19.6 Å². The van der Waals surface area contributed by atoms with Gasteiger partial charge in [-0.05, 0) is 62.4 Å². The van der Waals surface area contributed by atoms with E-state index in [9.17, 15) is 17.6 Å². The number of amides is 1. The standard InChI is InChI=1S/C22H27FN2O3S/c1-16-7-4-5-8-18(16)14-24-21(26)22(3)11-6-12-25(15-22)29(27,28)20-13-19(23)10-9-17(20)2/h4-5,7-10,13H,6,11-12,14-15H2,1-3H3,(H,24,26). The topological polar surface area (TPSA) is 66.5 Å². The summed E-state index contributed by atoms with van der Waals surface area (Å²) in [5, 5.41) is 2.96. The van der Waals surface area contributed by atoms with Crippen LogP contribution in [0.4, 0.5) is 4.39 Å². The van der Waals surface area contributed by atoms with Gasteiger partial charge in [0.1, 0.15) is 5.82 Å². The summed E-state index contributed by atoms with van der Waals surface area (Å²) in [6.07, 6.45) is 1.17. The molecule has 0 spiro atoms. The van der Waals surface area contributed by atoms with Crippen molar-refractivity contribution in [2.45, 2.75) is 45.1 Å². The number of sulfonamides is 1. The van der Waals surface area contributed by atoms with E-state index in [4.69, 9.17) is 0 Å². The zero-order chi connectivity index (χ0) is 21.2. The molecule has 156 valence electrons. The normalized spacial score (nSPS) is 20.4. The van der Waals surface area contributed by atoms with Crippen LogP contribution < -0.4 is 5.32 Å². The largest absolute Gasteiger partial charge is 0.352 e.